The molecule has 0 amide bonds. The summed E-state index contributed by atoms with van der Waals surface area (Å²) in [5.41, 5.74) is 12.5. The number of para-hydroxylation sites is 1. The first kappa shape index (κ1) is 36.2. The average molecular weight is 703 g/mol. The van der Waals surface area contributed by atoms with Crippen molar-refractivity contribution < 1.29 is 4.74 Å². The highest BCUT2D eigenvalue weighted by molar-refractivity contribution is 6.09. The molecule has 3 heterocycles. The molecule has 0 spiro atoms. The maximum Gasteiger partial charge on any atom is 0.137 e. The summed E-state index contributed by atoms with van der Waals surface area (Å²) in [7, 11) is 0. The Bertz CT molecular complexity index is 2420. The molecule has 0 saturated carbocycles. The number of ether oxygens (including phenoxy) is 1. The van der Waals surface area contributed by atoms with Gasteiger partial charge < -0.3 is 4.74 Å². The number of pyridine rings is 1. The van der Waals surface area contributed by atoms with Gasteiger partial charge in [-0.25, -0.2) is 9.67 Å². The van der Waals surface area contributed by atoms with Crippen molar-refractivity contribution in [2.45, 2.75) is 99.8 Å². The maximum atomic E-state index is 6.61. The molecule has 0 bridgehead atoms. The predicted octanol–water partition coefficient (Wildman–Crippen LogP) is 13.0. The van der Waals surface area contributed by atoms with Crippen LogP contribution in [0.4, 0.5) is 0 Å². The summed E-state index contributed by atoms with van der Waals surface area (Å²) in [6.07, 6.45) is 8.26. The highest BCUT2D eigenvalue weighted by Gasteiger charge is 2.30. The van der Waals surface area contributed by atoms with Crippen molar-refractivity contribution in [2.75, 3.05) is 0 Å². The topological polar surface area (TPSA) is 44.9 Å². The van der Waals surface area contributed by atoms with Crippen LogP contribution in [0.3, 0.4) is 0 Å². The minimum Gasteiger partial charge on any atom is -0.457 e. The molecule has 272 valence electrons. The van der Waals surface area contributed by atoms with Crippen LogP contribution in [-0.2, 0) is 17.3 Å². The van der Waals surface area contributed by atoms with Crippen LogP contribution in [0, 0.1) is 19.3 Å². The lowest BCUT2D eigenvalue weighted by atomic mass is 9.71. The van der Waals surface area contributed by atoms with E-state index in [0.717, 1.165) is 52.4 Å². The van der Waals surface area contributed by atoms with Crippen LogP contribution in [0.5, 0.6) is 11.5 Å². The molecule has 7 aromatic rings. The molecule has 5 heteroatoms. The molecule has 0 unspecified atom stereocenters. The summed E-state index contributed by atoms with van der Waals surface area (Å²) < 4.78 is 10.8. The van der Waals surface area contributed by atoms with E-state index in [1.54, 1.807) is 0 Å². The van der Waals surface area contributed by atoms with Gasteiger partial charge in [-0.05, 0) is 119 Å². The van der Waals surface area contributed by atoms with Crippen LogP contribution in [0.15, 0.2) is 104 Å². The fourth-order valence-corrected chi connectivity index (χ4v) is 8.15. The van der Waals surface area contributed by atoms with Crippen molar-refractivity contribution in [3.05, 3.63) is 131 Å². The molecular weight excluding hydrogens is 649 g/mol. The number of fused-ring (bicyclic) bond motifs is 3. The normalized spacial score (nSPS) is 12.6. The van der Waals surface area contributed by atoms with Gasteiger partial charge in [0.1, 0.15) is 17.3 Å². The van der Waals surface area contributed by atoms with Gasteiger partial charge in [0, 0.05) is 40.9 Å². The Morgan fingerprint density at radius 2 is 1.34 bits per heavy atom. The maximum absolute atomic E-state index is 6.61. The first-order valence-electron chi connectivity index (χ1n) is 18.9. The summed E-state index contributed by atoms with van der Waals surface area (Å²) in [4.78, 5) is 4.87. The third kappa shape index (κ3) is 7.27. The summed E-state index contributed by atoms with van der Waals surface area (Å²) in [6, 6.07) is 29.8. The van der Waals surface area contributed by atoms with E-state index in [1.807, 2.05) is 29.2 Å². The Labute approximate surface area is 315 Å². The molecule has 4 aromatic carbocycles. The van der Waals surface area contributed by atoms with Gasteiger partial charge in [0.2, 0.25) is 0 Å². The van der Waals surface area contributed by atoms with Gasteiger partial charge in [-0.1, -0.05) is 92.6 Å². The van der Waals surface area contributed by atoms with E-state index < -0.39 is 0 Å². The average Bonchev–Trinajstić information content (AvgIpc) is 3.69. The van der Waals surface area contributed by atoms with E-state index in [4.69, 9.17) is 14.8 Å². The van der Waals surface area contributed by atoms with E-state index in [1.165, 1.54) is 44.2 Å². The minimum absolute atomic E-state index is 0.0269. The Hall–Kier alpha value is -5.16. The van der Waals surface area contributed by atoms with E-state index in [2.05, 4.69) is 160 Å². The number of hydrogen-bond donors (Lipinski definition) is 0. The third-order valence-corrected chi connectivity index (χ3v) is 10.3. The van der Waals surface area contributed by atoms with Gasteiger partial charge in [-0.2, -0.15) is 5.10 Å². The second-order valence-corrected chi connectivity index (χ2v) is 18.0. The van der Waals surface area contributed by atoms with E-state index in [9.17, 15) is 0 Å². The third-order valence-electron chi connectivity index (χ3n) is 10.3. The van der Waals surface area contributed by atoms with E-state index in [0.29, 0.717) is 0 Å². The fraction of sp³-hybridized carbons (Fsp3) is 0.333. The van der Waals surface area contributed by atoms with Crippen molar-refractivity contribution in [3.63, 3.8) is 0 Å². The Kier molecular flexibility index (Phi) is 9.13. The number of benzene rings is 4. The second-order valence-electron chi connectivity index (χ2n) is 18.0. The molecule has 0 radical (unpaired) electrons. The molecular formula is C48H54N4O. The zero-order valence-electron chi connectivity index (χ0n) is 33.4. The molecule has 0 fully saturated rings. The van der Waals surface area contributed by atoms with Crippen molar-refractivity contribution in [1.29, 1.82) is 0 Å². The molecule has 0 aliphatic heterocycles. The van der Waals surface area contributed by atoms with Crippen molar-refractivity contribution in [2.24, 2.45) is 5.41 Å². The number of nitrogens with zero attached hydrogens (tertiary/aromatic N) is 4. The van der Waals surface area contributed by atoms with Crippen LogP contribution in [0.1, 0.15) is 96.6 Å². The standard InChI is InChI=1S/C48H54N4O/c1-31-25-32(2)45(48(9,10)11)43(44(31)47(6,7)8)34-29-50-51(30-34)35-15-14-16-36(27-35)53-37-19-20-39-38-17-12-13-18-40(38)52(41(39)28-37)42-26-33(22-24-49-42)21-23-46(3,4)5/h12-20,22,24-30H,21,23H2,1-11H3. The second kappa shape index (κ2) is 13.4. The molecule has 7 rings (SSSR count). The predicted molar refractivity (Wildman–Crippen MR) is 222 cm³/mol. The van der Waals surface area contributed by atoms with E-state index >= 15 is 0 Å². The van der Waals surface area contributed by atoms with Crippen LogP contribution in [0.2, 0.25) is 0 Å². The van der Waals surface area contributed by atoms with Gasteiger partial charge in [-0.3, -0.25) is 4.57 Å². The summed E-state index contributed by atoms with van der Waals surface area (Å²) in [5.74, 6) is 2.44. The number of hydrogen-bond acceptors (Lipinski definition) is 3. The molecule has 53 heavy (non-hydrogen) atoms. The molecule has 0 aliphatic rings. The van der Waals surface area contributed by atoms with Gasteiger partial charge in [0.05, 0.1) is 22.9 Å². The van der Waals surface area contributed by atoms with Crippen LogP contribution in [0.25, 0.3) is 44.4 Å². The van der Waals surface area contributed by atoms with Gasteiger partial charge >= 0.3 is 0 Å². The lowest BCUT2D eigenvalue weighted by Gasteiger charge is -2.33. The lowest BCUT2D eigenvalue weighted by molar-refractivity contribution is 0.378. The first-order valence-corrected chi connectivity index (χ1v) is 18.9. The summed E-state index contributed by atoms with van der Waals surface area (Å²) >= 11 is 0. The highest BCUT2D eigenvalue weighted by Crippen LogP contribution is 2.44. The van der Waals surface area contributed by atoms with Crippen molar-refractivity contribution in [3.8, 4) is 34.1 Å². The van der Waals surface area contributed by atoms with Crippen LogP contribution < -0.4 is 4.74 Å². The van der Waals surface area contributed by atoms with Crippen molar-refractivity contribution >= 4 is 21.8 Å². The molecule has 5 nitrogen and oxygen atoms in total. The summed E-state index contributed by atoms with van der Waals surface area (Å²) in [5, 5.41) is 7.28. The zero-order chi connectivity index (χ0) is 37.9. The highest BCUT2D eigenvalue weighted by atomic mass is 16.5. The Balaban J connectivity index is 1.25. The lowest BCUT2D eigenvalue weighted by Crippen LogP contribution is -2.22. The van der Waals surface area contributed by atoms with Crippen molar-refractivity contribution in [1.82, 2.24) is 19.3 Å². The zero-order valence-corrected chi connectivity index (χ0v) is 33.4. The Morgan fingerprint density at radius 3 is 2.04 bits per heavy atom. The van der Waals surface area contributed by atoms with E-state index in [-0.39, 0.29) is 16.2 Å². The minimum atomic E-state index is -0.0269. The number of aromatic nitrogens is 4. The molecule has 0 saturated heterocycles. The van der Waals surface area contributed by atoms with Crippen LogP contribution >= 0.6 is 0 Å². The van der Waals surface area contributed by atoms with Gasteiger partial charge in [0.25, 0.3) is 0 Å². The first-order chi connectivity index (χ1) is 25.0. The molecule has 0 aliphatic carbocycles. The quantitative estimate of drug-likeness (QED) is 0.166. The molecule has 0 atom stereocenters. The smallest absolute Gasteiger partial charge is 0.137 e. The number of rotatable bonds is 7. The fourth-order valence-electron chi connectivity index (χ4n) is 8.15. The Morgan fingerprint density at radius 1 is 0.660 bits per heavy atom. The van der Waals surface area contributed by atoms with Crippen LogP contribution in [-0.4, -0.2) is 19.3 Å². The van der Waals surface area contributed by atoms with Gasteiger partial charge in [-0.15, -0.1) is 0 Å². The molecule has 3 aromatic heterocycles. The number of aryl methyl sites for hydroxylation is 3. The molecule has 0 N–H and O–H groups in total. The van der Waals surface area contributed by atoms with Gasteiger partial charge in [0.15, 0.2) is 0 Å². The largest absolute Gasteiger partial charge is 0.457 e. The monoisotopic (exact) mass is 702 g/mol. The summed E-state index contributed by atoms with van der Waals surface area (Å²) in [6.45, 7) is 25.2. The SMILES string of the molecule is Cc1cc(C)c(C(C)(C)C)c(-c2cnn(-c3cccc(Oc4ccc5c6ccccc6n(-c6cc(CCC(C)(C)C)ccn6)c5c4)c3)c2)c1C(C)(C)C.